The summed E-state index contributed by atoms with van der Waals surface area (Å²) >= 11 is 0. The molecule has 23 nitrogen and oxygen atoms in total. The van der Waals surface area contributed by atoms with Gasteiger partial charge >= 0.3 is 6.09 Å². The summed E-state index contributed by atoms with van der Waals surface area (Å²) in [4.78, 5) is 95.7. The van der Waals surface area contributed by atoms with Gasteiger partial charge < -0.3 is 54.3 Å². The van der Waals surface area contributed by atoms with E-state index in [0.717, 1.165) is 59.7 Å². The average Bonchev–Trinajstić information content (AvgIpc) is 1.41. The molecular weight excluding hydrogens is 1200 g/mol. The maximum absolute atomic E-state index is 14.8. The Bertz CT molecular complexity index is 3580. The average molecular weight is 1290 g/mol. The lowest BCUT2D eigenvalue weighted by Gasteiger charge is -2.42. The summed E-state index contributed by atoms with van der Waals surface area (Å²) in [7, 11) is 3.61. The first-order valence-corrected chi connectivity index (χ1v) is 31.5. The predicted octanol–water partition coefficient (Wildman–Crippen LogP) is 9.05. The predicted molar refractivity (Wildman–Crippen MR) is 342 cm³/mol. The van der Waals surface area contributed by atoms with Gasteiger partial charge in [0.25, 0.3) is 18.2 Å². The molecule has 3 aliphatic rings. The zero-order chi connectivity index (χ0) is 66.6. The van der Waals surface area contributed by atoms with Crippen LogP contribution in [0.2, 0.25) is 0 Å². The molecule has 0 radical (unpaired) electrons. The van der Waals surface area contributed by atoms with Crippen molar-refractivity contribution in [3.05, 3.63) is 137 Å². The smallest absolute Gasteiger partial charge is 0.416 e. The summed E-state index contributed by atoms with van der Waals surface area (Å²) in [5.74, 6) is -0.812. The van der Waals surface area contributed by atoms with Crippen LogP contribution >= 0.6 is 0 Å². The van der Waals surface area contributed by atoms with Gasteiger partial charge in [-0.05, 0) is 156 Å². The maximum Gasteiger partial charge on any atom is 0.416 e. The van der Waals surface area contributed by atoms with Gasteiger partial charge in [-0.1, -0.05) is 51.1 Å². The second kappa shape index (κ2) is 30.9. The number of carbonyl (C=O) groups is 6. The second-order valence-electron chi connectivity index (χ2n) is 25.8. The molecule has 4 N–H and O–H groups in total. The maximum atomic E-state index is 14.8. The molecule has 1 fully saturated rings. The van der Waals surface area contributed by atoms with Crippen LogP contribution in [0.3, 0.4) is 0 Å². The number of nitrogens with one attached hydrogen (secondary N) is 4. The summed E-state index contributed by atoms with van der Waals surface area (Å²) in [5, 5.41) is 15.6. The molecule has 3 aromatic heterocycles. The Morgan fingerprint density at radius 2 is 1.52 bits per heavy atom. The Morgan fingerprint density at radius 3 is 2.20 bits per heavy atom. The number of ether oxygens (including phenoxy) is 5. The molecule has 6 amide bonds. The van der Waals surface area contributed by atoms with Gasteiger partial charge in [-0.3, -0.25) is 33.8 Å². The van der Waals surface area contributed by atoms with Crippen molar-refractivity contribution in [2.75, 3.05) is 83.6 Å². The lowest BCUT2D eigenvalue weighted by Crippen LogP contribution is -2.62. The minimum Gasteiger partial charge on any atom is -0.491 e. The van der Waals surface area contributed by atoms with Crippen molar-refractivity contribution in [1.29, 1.82) is 0 Å². The number of aryl methyl sites for hydroxylation is 1. The number of rotatable bonds is 28. The fourth-order valence-electron chi connectivity index (χ4n) is 10.8. The van der Waals surface area contributed by atoms with Crippen LogP contribution in [0.4, 0.5) is 25.1 Å². The van der Waals surface area contributed by atoms with Gasteiger partial charge in [0.1, 0.15) is 42.1 Å². The summed E-state index contributed by atoms with van der Waals surface area (Å²) in [6.45, 7) is 15.5. The summed E-state index contributed by atoms with van der Waals surface area (Å²) in [6.07, 6.45) is 5.15. The molecule has 498 valence electrons. The molecule has 0 unspecified atom stereocenters. The van der Waals surface area contributed by atoms with E-state index in [4.69, 9.17) is 28.1 Å². The quantitative estimate of drug-likeness (QED) is 0.0334. The molecule has 0 spiro atoms. The Morgan fingerprint density at radius 1 is 0.806 bits per heavy atom. The number of hydrogen-bond donors (Lipinski definition) is 4. The lowest BCUT2D eigenvalue weighted by molar-refractivity contribution is -0.147. The highest BCUT2D eigenvalue weighted by Gasteiger charge is 2.43. The summed E-state index contributed by atoms with van der Waals surface area (Å²) in [6, 6.07) is 20.8. The Labute approximate surface area is 540 Å². The third-order valence-electron chi connectivity index (χ3n) is 16.3. The first kappa shape index (κ1) is 68.7. The molecule has 0 saturated heterocycles. The van der Waals surface area contributed by atoms with E-state index in [9.17, 15) is 37.5 Å². The van der Waals surface area contributed by atoms with Crippen LogP contribution in [0.25, 0.3) is 17.1 Å². The Hall–Kier alpha value is -8.65. The van der Waals surface area contributed by atoms with Gasteiger partial charge in [-0.15, -0.1) is 0 Å². The third kappa shape index (κ3) is 18.6. The fraction of sp³-hybridized carbons (Fsp3) is 0.485. The highest BCUT2D eigenvalue weighted by Crippen LogP contribution is 2.36. The Kier molecular flexibility index (Phi) is 22.8. The van der Waals surface area contributed by atoms with E-state index in [1.54, 1.807) is 63.7 Å². The van der Waals surface area contributed by atoms with Gasteiger partial charge in [-0.2, -0.15) is 5.10 Å². The highest BCUT2D eigenvalue weighted by molar-refractivity contribution is 6.03. The molecular formula is C68H85F2N11O12. The van der Waals surface area contributed by atoms with Crippen LogP contribution in [-0.4, -0.2) is 162 Å². The van der Waals surface area contributed by atoms with Crippen molar-refractivity contribution in [3.63, 3.8) is 0 Å². The van der Waals surface area contributed by atoms with Crippen LogP contribution in [0.1, 0.15) is 135 Å². The third-order valence-corrected chi connectivity index (χ3v) is 16.3. The Balaban J connectivity index is 0.679. The molecule has 2 aliphatic carbocycles. The SMILES string of the molecule is C[C@@H](C(=O)N[C@H](C(=O)N1Cc2cc(OCCOCCOCCOCCNC(=O)c3ccc(-n4cc(NC(=O)c5coc(-c6ccnc(N(CC7CC7)C(=O)OC(C)(C)C)c6)n5)c(C(F)F)n4)cc3)ccc2C[C@H]1C(=O)N[C@@H]1CCCc2ccccc21)C(C)(C)C)N(C)C. The van der Waals surface area contributed by atoms with E-state index < -0.39 is 53.3 Å². The fourth-order valence-corrected chi connectivity index (χ4v) is 10.8. The molecule has 1 aliphatic heterocycles. The minimum atomic E-state index is -3.05. The number of halogens is 2. The molecule has 9 rings (SSSR count). The lowest BCUT2D eigenvalue weighted by atomic mass is 9.83. The van der Waals surface area contributed by atoms with Gasteiger partial charge in [0, 0.05) is 43.4 Å². The van der Waals surface area contributed by atoms with E-state index in [1.165, 1.54) is 47.1 Å². The van der Waals surface area contributed by atoms with Crippen LogP contribution in [-0.2, 0) is 52.7 Å². The van der Waals surface area contributed by atoms with Gasteiger partial charge in [0.15, 0.2) is 11.4 Å². The molecule has 1 saturated carbocycles. The van der Waals surface area contributed by atoms with Crippen LogP contribution in [0.15, 0.2) is 102 Å². The monoisotopic (exact) mass is 1290 g/mol. The number of alkyl halides is 2. The number of pyridine rings is 1. The van der Waals surface area contributed by atoms with Crippen molar-refractivity contribution in [2.45, 2.75) is 130 Å². The van der Waals surface area contributed by atoms with Crippen molar-refractivity contribution < 1.29 is 65.6 Å². The first-order valence-electron chi connectivity index (χ1n) is 31.5. The number of oxazole rings is 1. The number of likely N-dealkylation sites (N-methyl/N-ethyl adjacent to an activating group) is 1. The number of benzene rings is 3. The number of carbonyl (C=O) groups excluding carboxylic acids is 6. The topological polar surface area (TPSA) is 263 Å². The van der Waals surface area contributed by atoms with Gasteiger partial charge in [0.05, 0.1) is 69.3 Å². The highest BCUT2D eigenvalue weighted by atomic mass is 19.3. The number of hydrogen-bond acceptors (Lipinski definition) is 16. The zero-order valence-corrected chi connectivity index (χ0v) is 54.3. The van der Waals surface area contributed by atoms with E-state index in [-0.39, 0.29) is 86.5 Å². The van der Waals surface area contributed by atoms with Crippen molar-refractivity contribution >= 4 is 47.1 Å². The molecule has 93 heavy (non-hydrogen) atoms. The number of aromatic nitrogens is 4. The van der Waals surface area contributed by atoms with Crippen molar-refractivity contribution in [3.8, 4) is 22.9 Å². The van der Waals surface area contributed by atoms with Gasteiger partial charge in [0.2, 0.25) is 23.6 Å². The summed E-state index contributed by atoms with van der Waals surface area (Å²) < 4.78 is 64.1. The first-order chi connectivity index (χ1) is 44.4. The van der Waals surface area contributed by atoms with E-state index in [0.29, 0.717) is 67.1 Å². The van der Waals surface area contributed by atoms with Crippen LogP contribution in [0.5, 0.6) is 5.75 Å². The summed E-state index contributed by atoms with van der Waals surface area (Å²) in [5.41, 5.74) is 2.60. The molecule has 4 heterocycles. The van der Waals surface area contributed by atoms with Crippen LogP contribution < -0.4 is 30.9 Å². The number of fused-ring (bicyclic) bond motifs is 2. The molecule has 6 aromatic rings. The van der Waals surface area contributed by atoms with E-state index in [1.807, 2.05) is 51.1 Å². The molecule has 0 bridgehead atoms. The van der Waals surface area contributed by atoms with Crippen LogP contribution in [0, 0.1) is 11.3 Å². The number of amides is 6. The van der Waals surface area contributed by atoms with E-state index >= 15 is 0 Å². The minimum absolute atomic E-state index is 0.0361. The normalized spacial score (nSPS) is 16.2. The standard InChI is InChI=1S/C68H85F2N11O12/c1-42(78(8)9)60(82)76-58(67(2,3)4)65(86)79-39-48-35-50(24-21-46(48)36-55(79)63(85)73-52-16-12-14-44-13-10-11-15-51(44)52)91-34-33-90-32-31-89-30-29-88-28-27-72-61(83)45-19-22-49(23-20-45)81-40-53(57(77-81)59(69)70)74-62(84)54-41-92-64(75-54)47-25-26-71-56(37-47)80(38-43-17-18-43)66(87)93-68(5,6)7/h10-11,13,15,19-26,35,37,40-43,52,55,58-59H,12,14,16-18,27-34,36,38-39H2,1-9H3,(H,72,83)(H,73,85)(H,74,84)(H,76,82)/t42-,52+,55-,58+/m0/s1. The molecule has 25 heteroatoms. The van der Waals surface area contributed by atoms with Crippen molar-refractivity contribution in [2.24, 2.45) is 11.3 Å². The van der Waals surface area contributed by atoms with Crippen molar-refractivity contribution in [1.82, 2.24) is 45.5 Å². The molecule has 3 aromatic carbocycles. The van der Waals surface area contributed by atoms with E-state index in [2.05, 4.69) is 48.5 Å². The van der Waals surface area contributed by atoms with Gasteiger partial charge in [-0.25, -0.2) is 28.2 Å². The molecule has 4 atom stereocenters. The largest absolute Gasteiger partial charge is 0.491 e. The number of nitrogens with zero attached hydrogens (tertiary/aromatic N) is 7. The zero-order valence-electron chi connectivity index (χ0n) is 54.3. The number of anilines is 2. The second-order valence-corrected chi connectivity index (χ2v) is 25.8.